The molecule has 7 heteroatoms. The smallest absolute Gasteiger partial charge is 0.164 e. The minimum Gasteiger partial charge on any atom is -0.411 e. The first kappa shape index (κ1) is 13.7. The Morgan fingerprint density at radius 1 is 1.28 bits per heavy atom. The number of oxime groups is 1. The van der Waals surface area contributed by atoms with Crippen molar-refractivity contribution in [1.29, 1.82) is 0 Å². The van der Waals surface area contributed by atoms with E-state index in [0.29, 0.717) is 18.9 Å². The predicted molar refractivity (Wildman–Crippen MR) is 60.4 cm³/mol. The Balaban J connectivity index is 2.02. The molecular weight excluding hydrogens is 242 g/mol. The average molecular weight is 261 g/mol. The van der Waals surface area contributed by atoms with Crippen LogP contribution in [-0.4, -0.2) is 60.1 Å². The molecule has 0 unspecified atom stereocenters. The lowest BCUT2D eigenvalue weighted by atomic mass is 10.1. The number of hydrogen-bond acceptors (Lipinski definition) is 7. The second-order valence-electron chi connectivity index (χ2n) is 4.74. The normalized spacial score (nSPS) is 33.2. The lowest BCUT2D eigenvalue weighted by molar-refractivity contribution is -0.145. The maximum atomic E-state index is 9.27. The molecule has 7 nitrogen and oxygen atoms in total. The van der Waals surface area contributed by atoms with E-state index < -0.39 is 24.3 Å². The van der Waals surface area contributed by atoms with Gasteiger partial charge in [-0.1, -0.05) is 5.16 Å². The van der Waals surface area contributed by atoms with Gasteiger partial charge in [0.2, 0.25) is 0 Å². The van der Waals surface area contributed by atoms with Crippen LogP contribution in [0.15, 0.2) is 5.16 Å². The zero-order valence-electron chi connectivity index (χ0n) is 10.5. The Morgan fingerprint density at radius 3 is 2.50 bits per heavy atom. The van der Waals surface area contributed by atoms with Crippen molar-refractivity contribution in [3.8, 4) is 0 Å². The quantitative estimate of drug-likeness (QED) is 0.423. The zero-order valence-corrected chi connectivity index (χ0v) is 10.5. The van der Waals surface area contributed by atoms with Gasteiger partial charge in [-0.25, -0.2) is 0 Å². The molecule has 2 heterocycles. The summed E-state index contributed by atoms with van der Waals surface area (Å²) < 4.78 is 21.7. The zero-order chi connectivity index (χ0) is 13.2. The van der Waals surface area contributed by atoms with E-state index in [0.717, 1.165) is 0 Å². The van der Waals surface area contributed by atoms with Crippen molar-refractivity contribution >= 4 is 5.71 Å². The summed E-state index contributed by atoms with van der Waals surface area (Å²) in [4.78, 5) is 0. The van der Waals surface area contributed by atoms with E-state index in [4.69, 9.17) is 24.2 Å². The Kier molecular flexibility index (Phi) is 4.18. The van der Waals surface area contributed by atoms with Crippen LogP contribution in [0.5, 0.6) is 0 Å². The fourth-order valence-corrected chi connectivity index (χ4v) is 2.16. The Hall–Kier alpha value is -0.730. The summed E-state index contributed by atoms with van der Waals surface area (Å²) in [5.74, 6) is -0.814. The van der Waals surface area contributed by atoms with Gasteiger partial charge in [-0.05, 0) is 13.8 Å². The molecule has 0 bridgehead atoms. The summed E-state index contributed by atoms with van der Waals surface area (Å²) in [6.45, 7) is 4.33. The number of hydrogen-bond donors (Lipinski definition) is 2. The summed E-state index contributed by atoms with van der Waals surface area (Å²) in [7, 11) is 0. The van der Waals surface area contributed by atoms with Crippen molar-refractivity contribution in [2.24, 2.45) is 5.16 Å². The molecule has 0 aromatic heterocycles. The van der Waals surface area contributed by atoms with Gasteiger partial charge in [0.1, 0.15) is 12.2 Å². The van der Waals surface area contributed by atoms with Crippen LogP contribution in [0.3, 0.4) is 0 Å². The van der Waals surface area contributed by atoms with E-state index in [1.54, 1.807) is 13.8 Å². The van der Waals surface area contributed by atoms with Gasteiger partial charge in [0.15, 0.2) is 12.1 Å². The van der Waals surface area contributed by atoms with E-state index in [9.17, 15) is 5.11 Å². The Morgan fingerprint density at radius 2 is 1.94 bits per heavy atom. The maximum Gasteiger partial charge on any atom is 0.164 e. The van der Waals surface area contributed by atoms with Crippen LogP contribution in [0.25, 0.3) is 0 Å². The number of ether oxygens (including phenoxy) is 4. The molecule has 2 aliphatic rings. The van der Waals surface area contributed by atoms with E-state index >= 15 is 0 Å². The molecule has 0 saturated carbocycles. The van der Waals surface area contributed by atoms with Gasteiger partial charge in [0.25, 0.3) is 0 Å². The summed E-state index contributed by atoms with van der Waals surface area (Å²) in [6, 6.07) is 0. The van der Waals surface area contributed by atoms with Crippen molar-refractivity contribution in [2.75, 3.05) is 19.8 Å². The van der Waals surface area contributed by atoms with Crippen LogP contribution in [0, 0.1) is 0 Å². The largest absolute Gasteiger partial charge is 0.411 e. The third kappa shape index (κ3) is 2.99. The molecular formula is C11H19NO6. The first-order valence-corrected chi connectivity index (χ1v) is 5.96. The molecule has 2 fully saturated rings. The fourth-order valence-electron chi connectivity index (χ4n) is 2.16. The summed E-state index contributed by atoms with van der Waals surface area (Å²) in [6.07, 6.45) is -1.28. The molecule has 2 atom stereocenters. The molecule has 0 spiro atoms. The van der Waals surface area contributed by atoms with Gasteiger partial charge < -0.3 is 29.3 Å². The molecule has 2 N–H and O–H groups in total. The second-order valence-corrected chi connectivity index (χ2v) is 4.74. The van der Waals surface area contributed by atoms with E-state index in [-0.39, 0.29) is 13.0 Å². The second kappa shape index (κ2) is 5.50. The van der Waals surface area contributed by atoms with Crippen molar-refractivity contribution < 1.29 is 29.3 Å². The van der Waals surface area contributed by atoms with Gasteiger partial charge in [0, 0.05) is 6.42 Å². The number of rotatable bonds is 4. The highest BCUT2D eigenvalue weighted by molar-refractivity contribution is 5.89. The molecule has 0 radical (unpaired) electrons. The molecule has 0 aliphatic carbocycles. The summed E-state index contributed by atoms with van der Waals surface area (Å²) in [5.41, 5.74) is 0.353. The van der Waals surface area contributed by atoms with E-state index in [1.807, 2.05) is 0 Å². The third-order valence-corrected chi connectivity index (χ3v) is 2.89. The Labute approximate surface area is 105 Å². The van der Waals surface area contributed by atoms with Crippen LogP contribution < -0.4 is 0 Å². The highest BCUT2D eigenvalue weighted by atomic mass is 16.8. The molecule has 0 aromatic carbocycles. The van der Waals surface area contributed by atoms with Crippen LogP contribution in [-0.2, 0) is 18.9 Å². The fraction of sp³-hybridized carbons (Fsp3) is 0.909. The minimum absolute atomic E-state index is 0.209. The van der Waals surface area contributed by atoms with Crippen LogP contribution in [0.2, 0.25) is 0 Å². The summed E-state index contributed by atoms with van der Waals surface area (Å²) in [5, 5.41) is 21.6. The van der Waals surface area contributed by atoms with Crippen molar-refractivity contribution in [3.05, 3.63) is 0 Å². The van der Waals surface area contributed by atoms with E-state index in [1.165, 1.54) is 0 Å². The molecule has 18 heavy (non-hydrogen) atoms. The van der Waals surface area contributed by atoms with Crippen molar-refractivity contribution in [1.82, 2.24) is 0 Å². The third-order valence-electron chi connectivity index (χ3n) is 2.89. The molecule has 2 aliphatic heterocycles. The molecule has 2 rings (SSSR count). The Bertz CT molecular complexity index is 313. The predicted octanol–water partition coefficient (Wildman–Crippen LogP) is 0.0920. The van der Waals surface area contributed by atoms with Gasteiger partial charge in [-0.15, -0.1) is 0 Å². The first-order chi connectivity index (χ1) is 8.55. The van der Waals surface area contributed by atoms with Crippen molar-refractivity contribution in [3.63, 3.8) is 0 Å². The van der Waals surface area contributed by atoms with Gasteiger partial charge >= 0.3 is 0 Å². The monoisotopic (exact) mass is 261 g/mol. The SMILES string of the molecule is CC1(C)O[C@@H](CO)[C@H](/C(CC2OCCO2)=N/O)O1. The van der Waals surface area contributed by atoms with E-state index in [2.05, 4.69) is 5.16 Å². The minimum atomic E-state index is -0.814. The van der Waals surface area contributed by atoms with Gasteiger partial charge in [-0.3, -0.25) is 0 Å². The van der Waals surface area contributed by atoms with Crippen LogP contribution in [0.4, 0.5) is 0 Å². The molecule has 0 amide bonds. The highest BCUT2D eigenvalue weighted by Crippen LogP contribution is 2.30. The maximum absolute atomic E-state index is 9.27. The topological polar surface area (TPSA) is 89.7 Å². The molecule has 104 valence electrons. The van der Waals surface area contributed by atoms with Gasteiger partial charge in [-0.2, -0.15) is 0 Å². The highest BCUT2D eigenvalue weighted by Gasteiger charge is 2.44. The van der Waals surface area contributed by atoms with Gasteiger partial charge in [0.05, 0.1) is 25.5 Å². The molecule has 0 aromatic rings. The standard InChI is InChI=1S/C11H19NO6/c1-11(2)17-8(6-13)10(18-11)7(12-14)5-9-15-3-4-16-9/h8-10,13-14H,3-6H2,1-2H3/b12-7+/t8-,10-/m0/s1. The average Bonchev–Trinajstić information content (AvgIpc) is 2.92. The van der Waals surface area contributed by atoms with Crippen molar-refractivity contribution in [2.45, 2.75) is 44.6 Å². The van der Waals surface area contributed by atoms with Crippen LogP contribution >= 0.6 is 0 Å². The number of aliphatic hydroxyl groups excluding tert-OH is 1. The summed E-state index contributed by atoms with van der Waals surface area (Å²) >= 11 is 0. The lowest BCUT2D eigenvalue weighted by Gasteiger charge is -2.18. The van der Waals surface area contributed by atoms with Crippen LogP contribution in [0.1, 0.15) is 20.3 Å². The number of nitrogens with zero attached hydrogens (tertiary/aromatic N) is 1. The first-order valence-electron chi connectivity index (χ1n) is 5.96. The lowest BCUT2D eigenvalue weighted by Crippen LogP contribution is -2.36. The number of aliphatic hydroxyl groups is 1. The molecule has 2 saturated heterocycles.